The van der Waals surface area contributed by atoms with Crippen LogP contribution in [0.4, 0.5) is 0 Å². The van der Waals surface area contributed by atoms with Crippen molar-refractivity contribution in [3.8, 4) is 0 Å². The predicted molar refractivity (Wildman–Crippen MR) is 298 cm³/mol. The van der Waals surface area contributed by atoms with Crippen LogP contribution in [0.3, 0.4) is 0 Å². The molecule has 0 unspecified atom stereocenters. The highest BCUT2D eigenvalue weighted by Crippen LogP contribution is 2.19. The minimum atomic E-state index is -0.763. The van der Waals surface area contributed by atoms with E-state index in [1.54, 1.807) is 0 Å². The maximum atomic E-state index is 12.9. The third kappa shape index (κ3) is 57.2. The Balaban J connectivity index is 4.28. The minimum Gasteiger partial charge on any atom is -0.462 e. The predicted octanol–water partition coefficient (Wildman–Crippen LogP) is 20.8. The standard InChI is InChI=1S/C63H122O6/c1-6-7-8-9-10-11-12-13-14-15-16-17-18-22-28-33-38-43-48-53-61(64)67-56-60(69-63(66)55-50-45-40-35-30-25-24-27-32-37-42-47-52-59(4)5)57-68-62(65)54-49-44-39-34-29-23-20-19-21-26-31-36-41-46-51-58(2)3/h58-60H,6-57H2,1-5H3/t60-/m1/s1. The molecule has 6 heteroatoms. The van der Waals surface area contributed by atoms with Crippen LogP contribution in [0.2, 0.25) is 0 Å². The van der Waals surface area contributed by atoms with Crippen LogP contribution in [-0.2, 0) is 28.6 Å². The van der Waals surface area contributed by atoms with Gasteiger partial charge in [-0.25, -0.2) is 0 Å². The fraction of sp³-hybridized carbons (Fsp3) is 0.952. The Kier molecular flexibility index (Phi) is 54.4. The molecule has 0 spiro atoms. The number of hydrogen-bond donors (Lipinski definition) is 0. The van der Waals surface area contributed by atoms with Crippen molar-refractivity contribution < 1.29 is 28.6 Å². The molecule has 0 aliphatic heterocycles. The Bertz CT molecular complexity index is 1060. The van der Waals surface area contributed by atoms with Gasteiger partial charge >= 0.3 is 17.9 Å². The van der Waals surface area contributed by atoms with E-state index in [9.17, 15) is 14.4 Å². The quantitative estimate of drug-likeness (QED) is 0.0343. The first-order chi connectivity index (χ1) is 33.7. The highest BCUT2D eigenvalue weighted by Gasteiger charge is 2.19. The van der Waals surface area contributed by atoms with Crippen LogP contribution in [0, 0.1) is 11.8 Å². The zero-order chi connectivity index (χ0) is 50.4. The second-order valence-electron chi connectivity index (χ2n) is 22.6. The van der Waals surface area contributed by atoms with Crippen molar-refractivity contribution in [3.63, 3.8) is 0 Å². The fourth-order valence-electron chi connectivity index (χ4n) is 9.76. The second-order valence-corrected chi connectivity index (χ2v) is 22.6. The summed E-state index contributed by atoms with van der Waals surface area (Å²) in [4.78, 5) is 38.3. The number of carbonyl (C=O) groups is 3. The maximum Gasteiger partial charge on any atom is 0.306 e. The number of esters is 3. The molecule has 0 heterocycles. The molecule has 0 aliphatic carbocycles. The topological polar surface area (TPSA) is 78.9 Å². The van der Waals surface area contributed by atoms with E-state index in [0.29, 0.717) is 19.3 Å². The normalized spacial score (nSPS) is 12.0. The van der Waals surface area contributed by atoms with E-state index in [1.807, 2.05) is 0 Å². The molecule has 0 aliphatic rings. The van der Waals surface area contributed by atoms with Gasteiger partial charge in [-0.05, 0) is 31.1 Å². The molecule has 0 aromatic rings. The summed E-state index contributed by atoms with van der Waals surface area (Å²) in [6.07, 6.45) is 61.0. The molecule has 0 saturated heterocycles. The molecule has 0 saturated carbocycles. The van der Waals surface area contributed by atoms with Crippen LogP contribution in [-0.4, -0.2) is 37.2 Å². The van der Waals surface area contributed by atoms with Crippen molar-refractivity contribution in [1.29, 1.82) is 0 Å². The minimum absolute atomic E-state index is 0.0621. The molecule has 1 atom stereocenters. The van der Waals surface area contributed by atoms with Gasteiger partial charge in [-0.1, -0.05) is 317 Å². The highest BCUT2D eigenvalue weighted by atomic mass is 16.6. The van der Waals surface area contributed by atoms with E-state index in [0.717, 1.165) is 69.6 Å². The molecule has 410 valence electrons. The van der Waals surface area contributed by atoms with E-state index in [2.05, 4.69) is 34.6 Å². The van der Waals surface area contributed by atoms with Gasteiger partial charge in [-0.2, -0.15) is 0 Å². The first kappa shape index (κ1) is 67.4. The summed E-state index contributed by atoms with van der Waals surface area (Å²) in [5, 5.41) is 0. The molecule has 0 rings (SSSR count). The van der Waals surface area contributed by atoms with Crippen LogP contribution < -0.4 is 0 Å². The van der Waals surface area contributed by atoms with Gasteiger partial charge in [-0.15, -0.1) is 0 Å². The molecule has 0 N–H and O–H groups in total. The Morgan fingerprint density at radius 1 is 0.275 bits per heavy atom. The second kappa shape index (κ2) is 55.7. The van der Waals surface area contributed by atoms with Crippen LogP contribution in [0.5, 0.6) is 0 Å². The summed E-state index contributed by atoms with van der Waals surface area (Å²) in [6.45, 7) is 11.4. The van der Waals surface area contributed by atoms with Crippen molar-refractivity contribution in [2.45, 2.75) is 362 Å². The number of unbranched alkanes of at least 4 members (excludes halogenated alkanes) is 42. The molecule has 0 amide bonds. The molecule has 0 fully saturated rings. The molecule has 0 radical (unpaired) electrons. The van der Waals surface area contributed by atoms with E-state index in [-0.39, 0.29) is 31.1 Å². The van der Waals surface area contributed by atoms with Crippen molar-refractivity contribution in [2.24, 2.45) is 11.8 Å². The number of hydrogen-bond acceptors (Lipinski definition) is 6. The summed E-state index contributed by atoms with van der Waals surface area (Å²) in [5.41, 5.74) is 0. The monoisotopic (exact) mass is 975 g/mol. The molecule has 0 aromatic carbocycles. The third-order valence-corrected chi connectivity index (χ3v) is 14.5. The summed E-state index contributed by atoms with van der Waals surface area (Å²) in [7, 11) is 0. The molecule has 0 bridgehead atoms. The molecule has 69 heavy (non-hydrogen) atoms. The molecule has 6 nitrogen and oxygen atoms in total. The van der Waals surface area contributed by atoms with Gasteiger partial charge in [0.1, 0.15) is 13.2 Å². The lowest BCUT2D eigenvalue weighted by molar-refractivity contribution is -0.167. The number of ether oxygens (including phenoxy) is 3. The third-order valence-electron chi connectivity index (χ3n) is 14.5. The van der Waals surface area contributed by atoms with Crippen LogP contribution in [0.1, 0.15) is 356 Å². The Morgan fingerprint density at radius 3 is 0.710 bits per heavy atom. The van der Waals surface area contributed by atoms with Crippen molar-refractivity contribution in [3.05, 3.63) is 0 Å². The lowest BCUT2D eigenvalue weighted by atomic mass is 10.0. The first-order valence-corrected chi connectivity index (χ1v) is 31.2. The molecular formula is C63H122O6. The molecule has 0 aromatic heterocycles. The van der Waals surface area contributed by atoms with Gasteiger partial charge < -0.3 is 14.2 Å². The van der Waals surface area contributed by atoms with Crippen molar-refractivity contribution >= 4 is 17.9 Å². The Labute approximate surface area is 431 Å². The number of rotatable bonds is 57. The zero-order valence-electron chi connectivity index (χ0n) is 47.5. The lowest BCUT2D eigenvalue weighted by Crippen LogP contribution is -2.30. The van der Waals surface area contributed by atoms with E-state index < -0.39 is 6.10 Å². The van der Waals surface area contributed by atoms with Gasteiger partial charge in [0.25, 0.3) is 0 Å². The van der Waals surface area contributed by atoms with Crippen LogP contribution >= 0.6 is 0 Å². The smallest absolute Gasteiger partial charge is 0.306 e. The summed E-state index contributed by atoms with van der Waals surface area (Å²) < 4.78 is 16.9. The van der Waals surface area contributed by atoms with E-state index in [4.69, 9.17) is 14.2 Å². The van der Waals surface area contributed by atoms with Crippen LogP contribution in [0.25, 0.3) is 0 Å². The van der Waals surface area contributed by atoms with Gasteiger partial charge in [0.2, 0.25) is 0 Å². The van der Waals surface area contributed by atoms with Gasteiger partial charge in [-0.3, -0.25) is 14.4 Å². The van der Waals surface area contributed by atoms with Gasteiger partial charge in [0, 0.05) is 19.3 Å². The Morgan fingerprint density at radius 2 is 0.478 bits per heavy atom. The average Bonchev–Trinajstić information content (AvgIpc) is 3.32. The molecular weight excluding hydrogens is 853 g/mol. The van der Waals surface area contributed by atoms with Crippen molar-refractivity contribution in [1.82, 2.24) is 0 Å². The lowest BCUT2D eigenvalue weighted by Gasteiger charge is -2.18. The average molecular weight is 976 g/mol. The van der Waals surface area contributed by atoms with E-state index >= 15 is 0 Å². The Hall–Kier alpha value is -1.59. The highest BCUT2D eigenvalue weighted by molar-refractivity contribution is 5.71. The summed E-state index contributed by atoms with van der Waals surface area (Å²) in [6, 6.07) is 0. The van der Waals surface area contributed by atoms with Gasteiger partial charge in [0.15, 0.2) is 6.10 Å². The van der Waals surface area contributed by atoms with Crippen molar-refractivity contribution in [2.75, 3.05) is 13.2 Å². The maximum absolute atomic E-state index is 12.9. The number of carbonyl (C=O) groups excluding carboxylic acids is 3. The van der Waals surface area contributed by atoms with Gasteiger partial charge in [0.05, 0.1) is 0 Å². The fourth-order valence-corrected chi connectivity index (χ4v) is 9.76. The van der Waals surface area contributed by atoms with E-state index in [1.165, 1.54) is 244 Å². The largest absolute Gasteiger partial charge is 0.462 e. The zero-order valence-corrected chi connectivity index (χ0v) is 47.5. The summed E-state index contributed by atoms with van der Waals surface area (Å²) in [5.74, 6) is 0.843. The SMILES string of the molecule is CCCCCCCCCCCCCCCCCCCCCC(=O)OC[C@H](COC(=O)CCCCCCCCCCCCCCCCC(C)C)OC(=O)CCCCCCCCCCCCCCC(C)C. The van der Waals surface area contributed by atoms with Crippen LogP contribution in [0.15, 0.2) is 0 Å². The summed E-state index contributed by atoms with van der Waals surface area (Å²) >= 11 is 0. The first-order valence-electron chi connectivity index (χ1n) is 31.2.